The molecule has 1 aliphatic rings. The van der Waals surface area contributed by atoms with Crippen molar-refractivity contribution in [3.05, 3.63) is 70.3 Å². The quantitative estimate of drug-likeness (QED) is 0.333. The van der Waals surface area contributed by atoms with E-state index in [1.165, 1.54) is 6.42 Å². The molecule has 0 radical (unpaired) electrons. The topological polar surface area (TPSA) is 91.2 Å². The molecule has 1 heterocycles. The molecule has 4 rings (SSSR count). The molecule has 1 aromatic heterocycles. The number of halogens is 2. The average Bonchev–Trinajstić information content (AvgIpc) is 3.26. The minimum atomic E-state index is -0.721. The Morgan fingerprint density at radius 2 is 1.80 bits per heavy atom. The predicted octanol–water partition coefficient (Wildman–Crippen LogP) is 5.26. The maximum Gasteiger partial charge on any atom is 0.247 e. The molecule has 1 aliphatic carbocycles. The minimum Gasteiger partial charge on any atom is -0.361 e. The van der Waals surface area contributed by atoms with Gasteiger partial charge in [-0.05, 0) is 42.5 Å². The molecular weight excluding hydrogens is 528 g/mol. The van der Waals surface area contributed by atoms with E-state index in [4.69, 9.17) is 5.73 Å². The van der Waals surface area contributed by atoms with Crippen molar-refractivity contribution in [2.24, 2.45) is 5.73 Å². The molecule has 1 fully saturated rings. The summed E-state index contributed by atoms with van der Waals surface area (Å²) in [6, 6.07) is 15.2. The molecule has 8 heteroatoms. The van der Waals surface area contributed by atoms with Crippen LogP contribution in [0.15, 0.2) is 59.2 Å². The third kappa shape index (κ3) is 6.66. The van der Waals surface area contributed by atoms with Gasteiger partial charge < -0.3 is 20.9 Å². The van der Waals surface area contributed by atoms with E-state index in [9.17, 15) is 9.59 Å². The van der Waals surface area contributed by atoms with Crippen molar-refractivity contribution in [3.8, 4) is 0 Å². The van der Waals surface area contributed by atoms with E-state index in [-0.39, 0.29) is 43.2 Å². The third-order valence-corrected chi connectivity index (χ3v) is 7.41. The minimum absolute atomic E-state index is 0. The summed E-state index contributed by atoms with van der Waals surface area (Å²) in [6.07, 6.45) is 8.27. The molecule has 2 aromatic carbocycles. The number of aromatic nitrogens is 1. The predicted molar refractivity (Wildman–Crippen MR) is 147 cm³/mol. The first-order chi connectivity index (χ1) is 16.6. The molecule has 3 aromatic rings. The third-order valence-electron chi connectivity index (χ3n) is 6.69. The standard InChI is InChI=1S/C27H33BrN4O2.ClH/c28-23-12-6-4-11-22(23)26(27(34)31-20-8-2-1-3-9-20)32(25(33)14-16-29)17-15-19-18-30-24-13-7-5-10-21(19)24;/h4-7,10-13,18,20,26,30H,1-3,8-9,14-17,29H2,(H,31,34);1H. The molecule has 188 valence electrons. The number of nitrogens with zero attached hydrogens (tertiary/aromatic N) is 1. The van der Waals surface area contributed by atoms with Crippen molar-refractivity contribution < 1.29 is 9.59 Å². The Morgan fingerprint density at radius 3 is 2.54 bits per heavy atom. The van der Waals surface area contributed by atoms with E-state index in [0.29, 0.717) is 13.0 Å². The summed E-state index contributed by atoms with van der Waals surface area (Å²) < 4.78 is 0.816. The molecule has 35 heavy (non-hydrogen) atoms. The van der Waals surface area contributed by atoms with Gasteiger partial charge in [0.25, 0.3) is 0 Å². The van der Waals surface area contributed by atoms with E-state index in [2.05, 4.69) is 32.3 Å². The van der Waals surface area contributed by atoms with Crippen LogP contribution in [0.5, 0.6) is 0 Å². The number of fused-ring (bicyclic) bond motifs is 1. The number of carbonyl (C=O) groups is 2. The van der Waals surface area contributed by atoms with Crippen LogP contribution in [-0.2, 0) is 16.0 Å². The molecule has 1 unspecified atom stereocenters. The Balaban J connectivity index is 0.00000342. The first kappa shape index (κ1) is 27.2. The zero-order valence-corrected chi connectivity index (χ0v) is 22.2. The van der Waals surface area contributed by atoms with Gasteiger partial charge in [0.05, 0.1) is 0 Å². The highest BCUT2D eigenvalue weighted by atomic mass is 79.9. The van der Waals surface area contributed by atoms with Crippen LogP contribution < -0.4 is 11.1 Å². The van der Waals surface area contributed by atoms with Crippen LogP contribution in [-0.4, -0.2) is 40.8 Å². The van der Waals surface area contributed by atoms with Crippen LogP contribution in [0.1, 0.15) is 55.7 Å². The lowest BCUT2D eigenvalue weighted by molar-refractivity contribution is -0.141. The van der Waals surface area contributed by atoms with E-state index in [1.54, 1.807) is 4.90 Å². The van der Waals surface area contributed by atoms with Crippen LogP contribution in [0.2, 0.25) is 0 Å². The second-order valence-electron chi connectivity index (χ2n) is 9.00. The second-order valence-corrected chi connectivity index (χ2v) is 9.86. The van der Waals surface area contributed by atoms with E-state index in [1.807, 2.05) is 48.7 Å². The smallest absolute Gasteiger partial charge is 0.247 e. The summed E-state index contributed by atoms with van der Waals surface area (Å²) in [6.45, 7) is 0.667. The Labute approximate surface area is 221 Å². The fourth-order valence-electron chi connectivity index (χ4n) is 4.92. The number of aromatic amines is 1. The molecule has 1 atom stereocenters. The monoisotopic (exact) mass is 560 g/mol. The van der Waals surface area contributed by atoms with E-state index in [0.717, 1.165) is 52.2 Å². The van der Waals surface area contributed by atoms with Gasteiger partial charge in [-0.2, -0.15) is 0 Å². The average molecular weight is 562 g/mol. The van der Waals surface area contributed by atoms with Gasteiger partial charge in [0, 0.05) is 47.1 Å². The van der Waals surface area contributed by atoms with Crippen molar-refractivity contribution in [1.82, 2.24) is 15.2 Å². The van der Waals surface area contributed by atoms with Crippen molar-refractivity contribution in [2.45, 2.75) is 57.0 Å². The zero-order chi connectivity index (χ0) is 23.9. The van der Waals surface area contributed by atoms with Crippen molar-refractivity contribution in [3.63, 3.8) is 0 Å². The molecular formula is C27H34BrClN4O2. The van der Waals surface area contributed by atoms with Crippen molar-refractivity contribution in [2.75, 3.05) is 13.1 Å². The Bertz CT molecular complexity index is 1130. The SMILES string of the molecule is Cl.NCCC(=O)N(CCc1c[nH]c2ccccc12)C(C(=O)NC1CCCCC1)c1ccccc1Br. The van der Waals surface area contributed by atoms with E-state index < -0.39 is 6.04 Å². The Morgan fingerprint density at radius 1 is 1.09 bits per heavy atom. The van der Waals surface area contributed by atoms with Gasteiger partial charge in [-0.15, -0.1) is 12.4 Å². The summed E-state index contributed by atoms with van der Waals surface area (Å²) in [5.41, 5.74) is 8.75. The van der Waals surface area contributed by atoms with Gasteiger partial charge in [0.1, 0.15) is 6.04 Å². The van der Waals surface area contributed by atoms with Crippen LogP contribution >= 0.6 is 28.3 Å². The molecule has 0 spiro atoms. The van der Waals surface area contributed by atoms with Gasteiger partial charge in [0.2, 0.25) is 11.8 Å². The zero-order valence-electron chi connectivity index (χ0n) is 19.8. The van der Waals surface area contributed by atoms with Crippen molar-refractivity contribution >= 4 is 51.1 Å². The Hall–Kier alpha value is -2.35. The van der Waals surface area contributed by atoms with Crippen LogP contribution in [0.3, 0.4) is 0 Å². The first-order valence-corrected chi connectivity index (χ1v) is 13.0. The number of amides is 2. The number of nitrogens with two attached hydrogens (primary N) is 1. The largest absolute Gasteiger partial charge is 0.361 e. The number of carbonyl (C=O) groups excluding carboxylic acids is 2. The van der Waals surface area contributed by atoms with E-state index >= 15 is 0 Å². The lowest BCUT2D eigenvalue weighted by atomic mass is 9.94. The molecule has 0 bridgehead atoms. The van der Waals surface area contributed by atoms with Crippen LogP contribution in [0.25, 0.3) is 10.9 Å². The fourth-order valence-corrected chi connectivity index (χ4v) is 5.42. The van der Waals surface area contributed by atoms with Gasteiger partial charge in [-0.3, -0.25) is 9.59 Å². The normalized spacial score (nSPS) is 14.8. The molecule has 6 nitrogen and oxygen atoms in total. The number of para-hydroxylation sites is 1. The fraction of sp³-hybridized carbons (Fsp3) is 0.407. The second kappa shape index (κ2) is 13.1. The number of H-pyrrole nitrogens is 1. The summed E-state index contributed by atoms with van der Waals surface area (Å²) in [4.78, 5) is 32.1. The number of hydrogen-bond donors (Lipinski definition) is 3. The summed E-state index contributed by atoms with van der Waals surface area (Å²) in [5, 5.41) is 4.39. The van der Waals surface area contributed by atoms with Gasteiger partial charge in [-0.1, -0.05) is 71.6 Å². The number of rotatable bonds is 9. The molecule has 1 saturated carbocycles. The van der Waals surface area contributed by atoms with Crippen LogP contribution in [0, 0.1) is 0 Å². The van der Waals surface area contributed by atoms with Gasteiger partial charge in [0.15, 0.2) is 0 Å². The molecule has 0 saturated heterocycles. The number of hydrogen-bond acceptors (Lipinski definition) is 3. The number of nitrogens with one attached hydrogen (secondary N) is 2. The van der Waals surface area contributed by atoms with Crippen LogP contribution in [0.4, 0.5) is 0 Å². The first-order valence-electron chi connectivity index (χ1n) is 12.2. The Kier molecular flexibility index (Phi) is 10.2. The maximum absolute atomic E-state index is 13.7. The highest BCUT2D eigenvalue weighted by Crippen LogP contribution is 2.30. The van der Waals surface area contributed by atoms with Crippen molar-refractivity contribution in [1.29, 1.82) is 0 Å². The summed E-state index contributed by atoms with van der Waals surface area (Å²) in [5.74, 6) is -0.231. The molecule has 0 aliphatic heterocycles. The number of benzene rings is 2. The highest BCUT2D eigenvalue weighted by molar-refractivity contribution is 9.10. The molecule has 2 amide bonds. The lowest BCUT2D eigenvalue weighted by Gasteiger charge is -2.34. The van der Waals surface area contributed by atoms with Gasteiger partial charge >= 0.3 is 0 Å². The highest BCUT2D eigenvalue weighted by Gasteiger charge is 2.33. The maximum atomic E-state index is 13.7. The van der Waals surface area contributed by atoms with Gasteiger partial charge in [-0.25, -0.2) is 0 Å². The summed E-state index contributed by atoms with van der Waals surface area (Å²) >= 11 is 3.62. The lowest BCUT2D eigenvalue weighted by Crippen LogP contribution is -2.48. The molecule has 4 N–H and O–H groups in total. The summed E-state index contributed by atoms with van der Waals surface area (Å²) in [7, 11) is 0.